The van der Waals surface area contributed by atoms with Gasteiger partial charge < -0.3 is 14.7 Å². The zero-order valence-corrected chi connectivity index (χ0v) is 20.5. The van der Waals surface area contributed by atoms with Crippen LogP contribution in [0.5, 0.6) is 5.75 Å². The molecule has 1 fully saturated rings. The molecule has 0 atom stereocenters. The second-order valence-electron chi connectivity index (χ2n) is 9.06. The van der Waals surface area contributed by atoms with E-state index in [-0.39, 0.29) is 37.6 Å². The lowest BCUT2D eigenvalue weighted by Gasteiger charge is -2.36. The molecule has 188 valence electrons. The van der Waals surface area contributed by atoms with Gasteiger partial charge in [0.05, 0.1) is 29.3 Å². The van der Waals surface area contributed by atoms with Crippen molar-refractivity contribution in [1.82, 2.24) is 14.1 Å². The van der Waals surface area contributed by atoms with Crippen LogP contribution in [-0.2, 0) is 10.0 Å². The molecular weight excluding hydrogens is 470 g/mol. The van der Waals surface area contributed by atoms with Gasteiger partial charge in [-0.25, -0.2) is 17.2 Å². The molecule has 0 unspecified atom stereocenters. The standard InChI is InChI=1S/C22H30F2N4O5S/c1-15(2)34(31,32)27-10-8-26(9-11-27)19-14-25-28(16-5-6-17(23)18(24)13-16)21(29)20(19)33-12-7-22(3,4)30/h5-6,13-15,30H,7-12H2,1-4H3. The zero-order chi connectivity index (χ0) is 25.3. The summed E-state index contributed by atoms with van der Waals surface area (Å²) in [5.74, 6) is -2.24. The van der Waals surface area contributed by atoms with E-state index < -0.39 is 38.1 Å². The average molecular weight is 501 g/mol. The Morgan fingerprint density at radius 3 is 2.35 bits per heavy atom. The summed E-state index contributed by atoms with van der Waals surface area (Å²) in [5, 5.41) is 13.6. The summed E-state index contributed by atoms with van der Waals surface area (Å²) in [5.41, 5.74) is -1.32. The summed E-state index contributed by atoms with van der Waals surface area (Å²) in [6, 6.07) is 2.98. The van der Waals surface area contributed by atoms with Gasteiger partial charge in [0.25, 0.3) is 0 Å². The quantitative estimate of drug-likeness (QED) is 0.590. The second kappa shape index (κ2) is 9.96. The summed E-state index contributed by atoms with van der Waals surface area (Å²) in [4.78, 5) is 15.1. The molecule has 1 aromatic heterocycles. The molecule has 1 aromatic carbocycles. The van der Waals surface area contributed by atoms with Crippen molar-refractivity contribution in [3.8, 4) is 11.4 Å². The SMILES string of the molecule is CC(C)S(=O)(=O)N1CCN(c2cnn(-c3ccc(F)c(F)c3)c(=O)c2OCCC(C)(C)O)CC1. The van der Waals surface area contributed by atoms with E-state index in [0.29, 0.717) is 18.8 Å². The monoisotopic (exact) mass is 500 g/mol. The first-order valence-corrected chi connectivity index (χ1v) is 12.5. The first-order chi connectivity index (χ1) is 15.8. The number of rotatable bonds is 8. The molecule has 12 heteroatoms. The smallest absolute Gasteiger partial charge is 0.316 e. The van der Waals surface area contributed by atoms with Crippen LogP contribution >= 0.6 is 0 Å². The van der Waals surface area contributed by atoms with Gasteiger partial charge in [-0.1, -0.05) is 0 Å². The highest BCUT2D eigenvalue weighted by Crippen LogP contribution is 2.27. The Morgan fingerprint density at radius 1 is 1.15 bits per heavy atom. The maximum Gasteiger partial charge on any atom is 0.316 e. The molecule has 0 saturated carbocycles. The highest BCUT2D eigenvalue weighted by molar-refractivity contribution is 7.89. The van der Waals surface area contributed by atoms with Crippen LogP contribution in [0.2, 0.25) is 0 Å². The average Bonchev–Trinajstić information content (AvgIpc) is 2.76. The maximum absolute atomic E-state index is 13.8. The Morgan fingerprint density at radius 2 is 1.79 bits per heavy atom. The van der Waals surface area contributed by atoms with Gasteiger partial charge in [-0.2, -0.15) is 14.1 Å². The third-order valence-corrected chi connectivity index (χ3v) is 7.83. The van der Waals surface area contributed by atoms with E-state index in [0.717, 1.165) is 16.8 Å². The minimum atomic E-state index is -3.40. The molecule has 34 heavy (non-hydrogen) atoms. The Hall–Kier alpha value is -2.57. The van der Waals surface area contributed by atoms with Gasteiger partial charge in [0.15, 0.2) is 11.6 Å². The van der Waals surface area contributed by atoms with E-state index in [1.165, 1.54) is 16.6 Å². The van der Waals surface area contributed by atoms with Crippen molar-refractivity contribution in [1.29, 1.82) is 0 Å². The number of benzene rings is 1. The van der Waals surface area contributed by atoms with E-state index >= 15 is 0 Å². The molecule has 1 saturated heterocycles. The molecule has 0 spiro atoms. The summed E-state index contributed by atoms with van der Waals surface area (Å²) in [6.07, 6.45) is 1.62. The van der Waals surface area contributed by atoms with Gasteiger partial charge in [-0.15, -0.1) is 0 Å². The van der Waals surface area contributed by atoms with E-state index in [9.17, 15) is 27.1 Å². The fourth-order valence-electron chi connectivity index (χ4n) is 3.48. The van der Waals surface area contributed by atoms with Crippen LogP contribution in [0.15, 0.2) is 29.2 Å². The molecule has 0 radical (unpaired) electrons. The van der Waals surface area contributed by atoms with Gasteiger partial charge in [0.2, 0.25) is 15.8 Å². The van der Waals surface area contributed by atoms with Crippen LogP contribution in [0, 0.1) is 11.6 Å². The molecule has 3 rings (SSSR count). The molecule has 0 bridgehead atoms. The number of halogens is 2. The summed E-state index contributed by atoms with van der Waals surface area (Å²) < 4.78 is 60.2. The van der Waals surface area contributed by atoms with Crippen molar-refractivity contribution in [2.75, 3.05) is 37.7 Å². The van der Waals surface area contributed by atoms with Crippen LogP contribution in [0.25, 0.3) is 5.69 Å². The number of aromatic nitrogens is 2. The van der Waals surface area contributed by atoms with E-state index in [4.69, 9.17) is 4.74 Å². The van der Waals surface area contributed by atoms with Gasteiger partial charge in [-0.3, -0.25) is 4.79 Å². The van der Waals surface area contributed by atoms with Gasteiger partial charge >= 0.3 is 5.56 Å². The van der Waals surface area contributed by atoms with Crippen LogP contribution in [-0.4, -0.2) is 71.2 Å². The number of aliphatic hydroxyl groups is 1. The molecular formula is C22H30F2N4O5S. The minimum Gasteiger partial charge on any atom is -0.486 e. The first-order valence-electron chi connectivity index (χ1n) is 11.0. The van der Waals surface area contributed by atoms with Gasteiger partial charge in [-0.05, 0) is 39.8 Å². The van der Waals surface area contributed by atoms with Crippen LogP contribution in [0.1, 0.15) is 34.1 Å². The number of hydrogen-bond donors (Lipinski definition) is 1. The third kappa shape index (κ3) is 5.73. The lowest BCUT2D eigenvalue weighted by atomic mass is 10.1. The number of anilines is 1. The number of ether oxygens (including phenoxy) is 1. The maximum atomic E-state index is 13.8. The topological polar surface area (TPSA) is 105 Å². The number of piperazine rings is 1. The van der Waals surface area contributed by atoms with Gasteiger partial charge in [0, 0.05) is 38.7 Å². The fraction of sp³-hybridized carbons (Fsp3) is 0.545. The Balaban J connectivity index is 1.94. The number of sulfonamides is 1. The zero-order valence-electron chi connectivity index (χ0n) is 19.7. The molecule has 1 aliphatic heterocycles. The van der Waals surface area contributed by atoms with Crippen molar-refractivity contribution in [2.45, 2.75) is 45.0 Å². The predicted octanol–water partition coefficient (Wildman–Crippen LogP) is 1.91. The largest absolute Gasteiger partial charge is 0.486 e. The molecule has 9 nitrogen and oxygen atoms in total. The summed E-state index contributed by atoms with van der Waals surface area (Å²) >= 11 is 0. The lowest BCUT2D eigenvalue weighted by Crippen LogP contribution is -2.50. The second-order valence-corrected chi connectivity index (χ2v) is 11.6. The normalized spacial score (nSPS) is 15.7. The molecule has 0 amide bonds. The van der Waals surface area contributed by atoms with E-state index in [2.05, 4.69) is 5.10 Å². The Labute approximate surface area is 197 Å². The van der Waals surface area contributed by atoms with E-state index in [1.807, 2.05) is 0 Å². The van der Waals surface area contributed by atoms with Crippen molar-refractivity contribution >= 4 is 15.7 Å². The molecule has 1 aliphatic rings. The molecule has 2 heterocycles. The third-order valence-electron chi connectivity index (χ3n) is 5.56. The van der Waals surface area contributed by atoms with Crippen molar-refractivity contribution < 1.29 is 27.0 Å². The lowest BCUT2D eigenvalue weighted by molar-refractivity contribution is 0.0551. The number of hydrogen-bond acceptors (Lipinski definition) is 7. The van der Waals surface area contributed by atoms with E-state index in [1.54, 1.807) is 32.6 Å². The first kappa shape index (κ1) is 26.0. The van der Waals surface area contributed by atoms with Crippen LogP contribution < -0.4 is 15.2 Å². The molecule has 1 N–H and O–H groups in total. The van der Waals surface area contributed by atoms with Crippen molar-refractivity contribution in [2.24, 2.45) is 0 Å². The molecule has 2 aromatic rings. The van der Waals surface area contributed by atoms with Crippen molar-refractivity contribution in [3.05, 3.63) is 46.4 Å². The predicted molar refractivity (Wildman–Crippen MR) is 124 cm³/mol. The van der Waals surface area contributed by atoms with Crippen LogP contribution in [0.4, 0.5) is 14.5 Å². The van der Waals surface area contributed by atoms with Crippen molar-refractivity contribution in [3.63, 3.8) is 0 Å². The fourth-order valence-corrected chi connectivity index (χ4v) is 4.74. The highest BCUT2D eigenvalue weighted by Gasteiger charge is 2.31. The van der Waals surface area contributed by atoms with Gasteiger partial charge in [0.1, 0.15) is 5.69 Å². The van der Waals surface area contributed by atoms with Crippen LogP contribution in [0.3, 0.4) is 0 Å². The minimum absolute atomic E-state index is 0.0230. The Kier molecular flexibility index (Phi) is 7.63. The molecule has 0 aliphatic carbocycles. The summed E-state index contributed by atoms with van der Waals surface area (Å²) in [6.45, 7) is 7.57. The number of nitrogens with zero attached hydrogens (tertiary/aromatic N) is 4. The highest BCUT2D eigenvalue weighted by atomic mass is 32.2. The Bertz CT molecular complexity index is 1190. The summed E-state index contributed by atoms with van der Waals surface area (Å²) in [7, 11) is -3.40.